The number of benzene rings is 1. The standard InChI is InChI=1S/C23H21N3O2S/c1-3-5-22(29)21-12-19(17-6-4-11-28-15-17)20(13-24)23(26-21)25-14-16-7-9-18(27-2)10-8-16/h3-5,7-12,15,29H,1,6,14H2,2H3,(H,25,26)/b22-5-. The average Bonchev–Trinajstić information content (AvgIpc) is 2.78. The third kappa shape index (κ3) is 4.89. The van der Waals surface area contributed by atoms with Gasteiger partial charge in [-0.05, 0) is 47.9 Å². The number of anilines is 1. The lowest BCUT2D eigenvalue weighted by Gasteiger charge is -2.16. The van der Waals surface area contributed by atoms with Crippen molar-refractivity contribution < 1.29 is 9.47 Å². The van der Waals surface area contributed by atoms with Crippen LogP contribution < -0.4 is 10.1 Å². The number of nitrogens with one attached hydrogen (secondary N) is 1. The number of aromatic nitrogens is 1. The lowest BCUT2D eigenvalue weighted by atomic mass is 9.98. The molecule has 0 saturated heterocycles. The smallest absolute Gasteiger partial charge is 0.145 e. The summed E-state index contributed by atoms with van der Waals surface area (Å²) >= 11 is 4.52. The predicted octanol–water partition coefficient (Wildman–Crippen LogP) is 5.31. The monoisotopic (exact) mass is 403 g/mol. The van der Waals surface area contributed by atoms with Crippen molar-refractivity contribution in [2.24, 2.45) is 0 Å². The molecule has 5 nitrogen and oxygen atoms in total. The Morgan fingerprint density at radius 2 is 2.21 bits per heavy atom. The minimum absolute atomic E-state index is 0.465. The Hall–Kier alpha value is -3.43. The van der Waals surface area contributed by atoms with Gasteiger partial charge in [-0.1, -0.05) is 24.8 Å². The normalized spacial score (nSPS) is 13.1. The second-order valence-corrected chi connectivity index (χ2v) is 6.72. The molecule has 1 aromatic carbocycles. The summed E-state index contributed by atoms with van der Waals surface area (Å²) in [5, 5.41) is 13.1. The first-order chi connectivity index (χ1) is 14.2. The number of pyridine rings is 1. The van der Waals surface area contributed by atoms with Crippen LogP contribution in [0, 0.1) is 11.3 Å². The van der Waals surface area contributed by atoms with E-state index in [0.717, 1.165) is 22.4 Å². The van der Waals surface area contributed by atoms with Crippen molar-refractivity contribution in [1.82, 2.24) is 4.98 Å². The summed E-state index contributed by atoms with van der Waals surface area (Å²) in [6, 6.07) is 11.9. The minimum atomic E-state index is 0.465. The van der Waals surface area contributed by atoms with Gasteiger partial charge in [0.05, 0.1) is 25.3 Å². The summed E-state index contributed by atoms with van der Waals surface area (Å²) in [7, 11) is 1.63. The highest BCUT2D eigenvalue weighted by atomic mass is 32.1. The van der Waals surface area contributed by atoms with Gasteiger partial charge < -0.3 is 14.8 Å². The first-order valence-corrected chi connectivity index (χ1v) is 9.45. The van der Waals surface area contributed by atoms with Crippen molar-refractivity contribution >= 4 is 28.9 Å². The maximum Gasteiger partial charge on any atom is 0.145 e. The molecule has 1 aliphatic heterocycles. The number of nitriles is 1. The molecule has 29 heavy (non-hydrogen) atoms. The Bertz CT molecular complexity index is 1030. The lowest BCUT2D eigenvalue weighted by molar-refractivity contribution is 0.397. The molecule has 2 aromatic rings. The molecule has 0 saturated carbocycles. The van der Waals surface area contributed by atoms with Gasteiger partial charge in [0.1, 0.15) is 23.2 Å². The molecule has 0 fully saturated rings. The average molecular weight is 404 g/mol. The first kappa shape index (κ1) is 20.3. The second kappa shape index (κ2) is 9.67. The number of allylic oxidation sites excluding steroid dienone is 4. The molecule has 0 spiro atoms. The minimum Gasteiger partial charge on any atom is -0.497 e. The van der Waals surface area contributed by atoms with Gasteiger partial charge in [0.2, 0.25) is 0 Å². The summed E-state index contributed by atoms with van der Waals surface area (Å²) in [5.41, 5.74) is 3.82. The van der Waals surface area contributed by atoms with E-state index in [2.05, 4.69) is 35.6 Å². The molecular weight excluding hydrogens is 382 g/mol. The van der Waals surface area contributed by atoms with E-state index in [1.165, 1.54) is 0 Å². The molecule has 1 aromatic heterocycles. The van der Waals surface area contributed by atoms with Crippen molar-refractivity contribution in [2.75, 3.05) is 12.4 Å². The molecule has 0 atom stereocenters. The van der Waals surface area contributed by atoms with Crippen LogP contribution in [0.25, 0.3) is 10.5 Å². The van der Waals surface area contributed by atoms with Crippen molar-refractivity contribution in [3.63, 3.8) is 0 Å². The Labute approximate surface area is 176 Å². The third-order valence-electron chi connectivity index (χ3n) is 4.36. The molecule has 2 heterocycles. The van der Waals surface area contributed by atoms with Gasteiger partial charge in [-0.25, -0.2) is 4.98 Å². The van der Waals surface area contributed by atoms with E-state index in [-0.39, 0.29) is 0 Å². The van der Waals surface area contributed by atoms with Gasteiger partial charge in [-0.3, -0.25) is 0 Å². The van der Waals surface area contributed by atoms with Crippen LogP contribution in [0.3, 0.4) is 0 Å². The van der Waals surface area contributed by atoms with Crippen LogP contribution in [-0.4, -0.2) is 12.1 Å². The Balaban J connectivity index is 1.99. The molecular formula is C23H21N3O2S. The summed E-state index contributed by atoms with van der Waals surface area (Å²) < 4.78 is 10.5. The molecule has 0 bridgehead atoms. The predicted molar refractivity (Wildman–Crippen MR) is 119 cm³/mol. The molecule has 0 radical (unpaired) electrons. The maximum atomic E-state index is 9.85. The fraction of sp³-hybridized carbons (Fsp3) is 0.130. The Morgan fingerprint density at radius 3 is 2.83 bits per heavy atom. The summed E-state index contributed by atoms with van der Waals surface area (Å²) in [6.45, 7) is 4.22. The van der Waals surface area contributed by atoms with Gasteiger partial charge in [-0.15, -0.1) is 12.6 Å². The van der Waals surface area contributed by atoms with Crippen LogP contribution in [0.1, 0.15) is 28.8 Å². The first-order valence-electron chi connectivity index (χ1n) is 9.00. The number of rotatable bonds is 7. The molecule has 1 aliphatic rings. The van der Waals surface area contributed by atoms with E-state index in [1.807, 2.05) is 36.4 Å². The van der Waals surface area contributed by atoms with Crippen molar-refractivity contribution in [1.29, 1.82) is 5.26 Å². The Kier molecular flexibility index (Phi) is 6.77. The van der Waals surface area contributed by atoms with Crippen molar-refractivity contribution in [3.05, 3.63) is 90.0 Å². The fourth-order valence-corrected chi connectivity index (χ4v) is 3.09. The maximum absolute atomic E-state index is 9.85. The molecule has 1 N–H and O–H groups in total. The van der Waals surface area contributed by atoms with Crippen molar-refractivity contribution in [3.8, 4) is 11.8 Å². The third-order valence-corrected chi connectivity index (χ3v) is 4.74. The summed E-state index contributed by atoms with van der Waals surface area (Å²) in [6.07, 6.45) is 9.27. The van der Waals surface area contributed by atoms with E-state index in [9.17, 15) is 5.26 Å². The molecule has 0 aliphatic carbocycles. The number of methoxy groups -OCH3 is 1. The zero-order valence-corrected chi connectivity index (χ0v) is 16.9. The van der Waals surface area contributed by atoms with E-state index in [1.54, 1.807) is 31.8 Å². The second-order valence-electron chi connectivity index (χ2n) is 6.23. The SMILES string of the molecule is C=C/C=C(\S)c1cc(C2=COC=CC2)c(C#N)c(NCc2ccc(OC)cc2)n1. The van der Waals surface area contributed by atoms with Crippen LogP contribution in [0.2, 0.25) is 0 Å². The largest absolute Gasteiger partial charge is 0.497 e. The van der Waals surface area contributed by atoms with E-state index in [4.69, 9.17) is 9.47 Å². The number of hydrogen-bond donors (Lipinski definition) is 2. The van der Waals surface area contributed by atoms with Crippen LogP contribution in [0.4, 0.5) is 5.82 Å². The molecule has 3 rings (SSSR count). The number of thiol groups is 1. The summed E-state index contributed by atoms with van der Waals surface area (Å²) in [4.78, 5) is 5.29. The topological polar surface area (TPSA) is 67.2 Å². The lowest BCUT2D eigenvalue weighted by Crippen LogP contribution is -2.08. The van der Waals surface area contributed by atoms with Gasteiger partial charge >= 0.3 is 0 Å². The number of nitrogens with zero attached hydrogens (tertiary/aromatic N) is 2. The molecule has 146 valence electrons. The van der Waals surface area contributed by atoms with E-state index < -0.39 is 0 Å². The number of ether oxygens (including phenoxy) is 2. The zero-order valence-electron chi connectivity index (χ0n) is 16.1. The fourth-order valence-electron chi connectivity index (χ4n) is 2.87. The number of hydrogen-bond acceptors (Lipinski definition) is 6. The van der Waals surface area contributed by atoms with Crippen LogP contribution in [0.5, 0.6) is 5.75 Å². The van der Waals surface area contributed by atoms with Crippen LogP contribution in [-0.2, 0) is 11.3 Å². The van der Waals surface area contributed by atoms with E-state index >= 15 is 0 Å². The Morgan fingerprint density at radius 1 is 1.41 bits per heavy atom. The van der Waals surface area contributed by atoms with Crippen LogP contribution in [0.15, 0.2) is 67.7 Å². The highest BCUT2D eigenvalue weighted by molar-refractivity contribution is 7.90. The van der Waals surface area contributed by atoms with Crippen molar-refractivity contribution in [2.45, 2.75) is 13.0 Å². The zero-order chi connectivity index (χ0) is 20.6. The van der Waals surface area contributed by atoms with Gasteiger partial charge in [0.15, 0.2) is 0 Å². The van der Waals surface area contributed by atoms with Gasteiger partial charge in [-0.2, -0.15) is 5.26 Å². The molecule has 0 unspecified atom stereocenters. The molecule has 0 amide bonds. The quantitative estimate of drug-likeness (QED) is 0.485. The summed E-state index contributed by atoms with van der Waals surface area (Å²) in [5.74, 6) is 1.29. The van der Waals surface area contributed by atoms with E-state index in [0.29, 0.717) is 34.9 Å². The molecule has 6 heteroatoms. The van der Waals surface area contributed by atoms with Crippen LogP contribution >= 0.6 is 12.6 Å². The highest BCUT2D eigenvalue weighted by Gasteiger charge is 2.17. The van der Waals surface area contributed by atoms with Gasteiger partial charge in [0, 0.05) is 17.0 Å². The van der Waals surface area contributed by atoms with Gasteiger partial charge in [0.25, 0.3) is 0 Å². The highest BCUT2D eigenvalue weighted by Crippen LogP contribution is 2.32.